The summed E-state index contributed by atoms with van der Waals surface area (Å²) >= 11 is 0. The SMILES string of the molecule is O=CNc1cccc2[nH]c(-c3ccc(N4CCN(C5CCCCC5)CC4)cc3)nc12. The molecule has 1 aliphatic heterocycles. The minimum Gasteiger partial charge on any atom is -0.369 e. The third-order valence-corrected chi connectivity index (χ3v) is 6.64. The van der Waals surface area contributed by atoms with Gasteiger partial charge in [0.15, 0.2) is 0 Å². The lowest BCUT2D eigenvalue weighted by atomic mass is 9.94. The lowest BCUT2D eigenvalue weighted by Crippen LogP contribution is -2.50. The maximum Gasteiger partial charge on any atom is 0.211 e. The standard InChI is InChI=1S/C24H29N5O/c30-17-25-21-7-4-8-22-23(21)27-24(26-22)18-9-11-20(12-10-18)29-15-13-28(14-16-29)19-5-2-1-3-6-19/h4,7-12,17,19H,1-3,5-6,13-16H2,(H,25,30)(H,26,27). The molecule has 6 heteroatoms. The van der Waals surface area contributed by atoms with Gasteiger partial charge in [0.1, 0.15) is 11.3 Å². The Morgan fingerprint density at radius 2 is 1.73 bits per heavy atom. The molecule has 1 aromatic heterocycles. The molecule has 2 aromatic carbocycles. The van der Waals surface area contributed by atoms with Crippen molar-refractivity contribution in [2.75, 3.05) is 36.4 Å². The number of rotatable bonds is 5. The highest BCUT2D eigenvalue weighted by Gasteiger charge is 2.25. The third-order valence-electron chi connectivity index (χ3n) is 6.64. The second kappa shape index (κ2) is 8.48. The number of aromatic nitrogens is 2. The fourth-order valence-corrected chi connectivity index (χ4v) is 4.97. The number of nitrogens with zero attached hydrogens (tertiary/aromatic N) is 3. The number of fused-ring (bicyclic) bond motifs is 1. The van der Waals surface area contributed by atoms with Crippen LogP contribution in [0.15, 0.2) is 42.5 Å². The second-order valence-corrected chi connectivity index (χ2v) is 8.41. The number of hydrogen-bond acceptors (Lipinski definition) is 4. The van der Waals surface area contributed by atoms with Gasteiger partial charge in [0.05, 0.1) is 11.2 Å². The van der Waals surface area contributed by atoms with Crippen LogP contribution in [0.3, 0.4) is 0 Å². The molecule has 5 rings (SSSR count). The van der Waals surface area contributed by atoms with E-state index in [0.717, 1.165) is 47.2 Å². The highest BCUT2D eigenvalue weighted by atomic mass is 16.1. The molecule has 2 aliphatic rings. The number of hydrogen-bond donors (Lipinski definition) is 2. The average molecular weight is 404 g/mol. The molecule has 2 fully saturated rings. The predicted molar refractivity (Wildman–Crippen MR) is 122 cm³/mol. The van der Waals surface area contributed by atoms with Crippen molar-refractivity contribution in [1.82, 2.24) is 14.9 Å². The molecule has 0 atom stereocenters. The van der Waals surface area contributed by atoms with Crippen molar-refractivity contribution in [2.24, 2.45) is 0 Å². The topological polar surface area (TPSA) is 64.3 Å². The van der Waals surface area contributed by atoms with E-state index in [4.69, 9.17) is 4.98 Å². The van der Waals surface area contributed by atoms with Crippen LogP contribution >= 0.6 is 0 Å². The molecule has 1 saturated heterocycles. The van der Waals surface area contributed by atoms with Crippen LogP contribution in [0.25, 0.3) is 22.4 Å². The summed E-state index contributed by atoms with van der Waals surface area (Å²) in [5, 5.41) is 2.72. The van der Waals surface area contributed by atoms with Gasteiger partial charge in [-0.2, -0.15) is 0 Å². The maximum atomic E-state index is 10.8. The van der Waals surface area contributed by atoms with Crippen LogP contribution in [-0.4, -0.2) is 53.5 Å². The first-order valence-electron chi connectivity index (χ1n) is 11.1. The molecule has 156 valence electrons. The van der Waals surface area contributed by atoms with Crippen LogP contribution in [0.1, 0.15) is 32.1 Å². The Morgan fingerprint density at radius 1 is 0.967 bits per heavy atom. The highest BCUT2D eigenvalue weighted by Crippen LogP contribution is 2.28. The van der Waals surface area contributed by atoms with Gasteiger partial charge in [-0.15, -0.1) is 0 Å². The van der Waals surface area contributed by atoms with E-state index < -0.39 is 0 Å². The van der Waals surface area contributed by atoms with E-state index in [9.17, 15) is 4.79 Å². The molecule has 1 amide bonds. The second-order valence-electron chi connectivity index (χ2n) is 8.41. The Labute approximate surface area is 177 Å². The number of carbonyl (C=O) groups excluding carboxylic acids is 1. The predicted octanol–water partition coefficient (Wildman–Crippen LogP) is 4.25. The summed E-state index contributed by atoms with van der Waals surface area (Å²) in [6, 6.07) is 15.2. The summed E-state index contributed by atoms with van der Waals surface area (Å²) in [6.07, 6.45) is 7.68. The van der Waals surface area contributed by atoms with Crippen LogP contribution in [0, 0.1) is 0 Å². The van der Waals surface area contributed by atoms with Crippen molar-refractivity contribution in [3.05, 3.63) is 42.5 Å². The van der Waals surface area contributed by atoms with E-state index in [-0.39, 0.29) is 0 Å². The maximum absolute atomic E-state index is 10.8. The summed E-state index contributed by atoms with van der Waals surface area (Å²) in [5.41, 5.74) is 4.74. The molecule has 0 bridgehead atoms. The number of amides is 1. The first-order valence-corrected chi connectivity index (χ1v) is 11.1. The average Bonchev–Trinajstić information content (AvgIpc) is 3.26. The molecule has 6 nitrogen and oxygen atoms in total. The number of H-pyrrole nitrogens is 1. The molecule has 0 unspecified atom stereocenters. The van der Waals surface area contributed by atoms with E-state index >= 15 is 0 Å². The Balaban J connectivity index is 1.27. The van der Waals surface area contributed by atoms with Gasteiger partial charge in [-0.25, -0.2) is 4.98 Å². The van der Waals surface area contributed by atoms with E-state index in [1.807, 2.05) is 18.2 Å². The third kappa shape index (κ3) is 3.79. The van der Waals surface area contributed by atoms with Gasteiger partial charge < -0.3 is 15.2 Å². The van der Waals surface area contributed by atoms with E-state index in [1.165, 1.54) is 50.9 Å². The number of benzene rings is 2. The zero-order valence-corrected chi connectivity index (χ0v) is 17.3. The van der Waals surface area contributed by atoms with Gasteiger partial charge >= 0.3 is 0 Å². The van der Waals surface area contributed by atoms with Crippen LogP contribution < -0.4 is 10.2 Å². The van der Waals surface area contributed by atoms with Crippen molar-refractivity contribution in [1.29, 1.82) is 0 Å². The van der Waals surface area contributed by atoms with Crippen molar-refractivity contribution in [2.45, 2.75) is 38.1 Å². The zero-order chi connectivity index (χ0) is 20.3. The number of aromatic amines is 1. The number of para-hydroxylation sites is 1. The molecule has 0 radical (unpaired) electrons. The molecule has 1 aliphatic carbocycles. The van der Waals surface area contributed by atoms with Gasteiger partial charge in [0.2, 0.25) is 6.41 Å². The van der Waals surface area contributed by atoms with Crippen LogP contribution in [0.5, 0.6) is 0 Å². The fraction of sp³-hybridized carbons (Fsp3) is 0.417. The molecule has 3 aromatic rings. The Hall–Kier alpha value is -2.86. The summed E-state index contributed by atoms with van der Waals surface area (Å²) < 4.78 is 0. The van der Waals surface area contributed by atoms with Crippen molar-refractivity contribution >= 4 is 28.8 Å². The lowest BCUT2D eigenvalue weighted by Gasteiger charge is -2.41. The summed E-state index contributed by atoms with van der Waals surface area (Å²) in [7, 11) is 0. The minimum atomic E-state index is 0.686. The minimum absolute atomic E-state index is 0.686. The van der Waals surface area contributed by atoms with Gasteiger partial charge in [0, 0.05) is 43.5 Å². The highest BCUT2D eigenvalue weighted by molar-refractivity contribution is 5.94. The Bertz CT molecular complexity index is 998. The van der Waals surface area contributed by atoms with Crippen LogP contribution in [0.4, 0.5) is 11.4 Å². The number of anilines is 2. The smallest absolute Gasteiger partial charge is 0.211 e. The van der Waals surface area contributed by atoms with Gasteiger partial charge in [-0.05, 0) is 49.2 Å². The van der Waals surface area contributed by atoms with E-state index in [2.05, 4.69) is 44.4 Å². The fourth-order valence-electron chi connectivity index (χ4n) is 4.97. The number of imidazole rings is 1. The van der Waals surface area contributed by atoms with E-state index in [1.54, 1.807) is 0 Å². The van der Waals surface area contributed by atoms with Crippen LogP contribution in [0.2, 0.25) is 0 Å². The molecule has 1 saturated carbocycles. The van der Waals surface area contributed by atoms with Crippen molar-refractivity contribution < 1.29 is 4.79 Å². The zero-order valence-electron chi connectivity index (χ0n) is 17.3. The molecular formula is C24H29N5O. The largest absolute Gasteiger partial charge is 0.369 e. The lowest BCUT2D eigenvalue weighted by molar-refractivity contribution is -0.105. The number of piperazine rings is 1. The first-order chi connectivity index (χ1) is 14.8. The van der Waals surface area contributed by atoms with Crippen molar-refractivity contribution in [3.63, 3.8) is 0 Å². The molecule has 2 N–H and O–H groups in total. The first kappa shape index (κ1) is 19.1. The Morgan fingerprint density at radius 3 is 2.47 bits per heavy atom. The van der Waals surface area contributed by atoms with Gasteiger partial charge in [-0.1, -0.05) is 25.3 Å². The number of nitrogens with one attached hydrogen (secondary N) is 2. The molecular weight excluding hydrogens is 374 g/mol. The monoisotopic (exact) mass is 403 g/mol. The van der Waals surface area contributed by atoms with Gasteiger partial charge in [0.25, 0.3) is 0 Å². The summed E-state index contributed by atoms with van der Waals surface area (Å²) in [4.78, 5) is 24.1. The van der Waals surface area contributed by atoms with E-state index in [0.29, 0.717) is 6.41 Å². The molecule has 2 heterocycles. The van der Waals surface area contributed by atoms with Crippen molar-refractivity contribution in [3.8, 4) is 11.4 Å². The van der Waals surface area contributed by atoms with Gasteiger partial charge in [-0.3, -0.25) is 9.69 Å². The Kier molecular flexibility index (Phi) is 5.41. The molecule has 0 spiro atoms. The summed E-state index contributed by atoms with van der Waals surface area (Å²) in [6.45, 7) is 4.54. The quantitative estimate of drug-likeness (QED) is 0.625. The number of carbonyl (C=O) groups is 1. The van der Waals surface area contributed by atoms with Crippen LogP contribution in [-0.2, 0) is 4.79 Å². The summed E-state index contributed by atoms with van der Waals surface area (Å²) in [5.74, 6) is 0.818. The normalized spacial score (nSPS) is 18.6. The molecule has 30 heavy (non-hydrogen) atoms.